The lowest BCUT2D eigenvalue weighted by atomic mass is 10.3. The average molecular weight is 299 g/mol. The molecule has 9 heteroatoms. The Kier molecular flexibility index (Phi) is 2.93. The number of carbonyl (C=O) groups is 1. The summed E-state index contributed by atoms with van der Waals surface area (Å²) in [5.41, 5.74) is 5.21. The fourth-order valence-corrected chi connectivity index (χ4v) is 3.87. The van der Waals surface area contributed by atoms with Crippen LogP contribution in [0.5, 0.6) is 11.6 Å². The highest BCUT2D eigenvalue weighted by Crippen LogP contribution is 2.39. The van der Waals surface area contributed by atoms with E-state index < -0.39 is 16.1 Å². The molecule has 0 saturated heterocycles. The van der Waals surface area contributed by atoms with E-state index in [0.29, 0.717) is 12.8 Å². The van der Waals surface area contributed by atoms with Gasteiger partial charge in [0, 0.05) is 6.07 Å². The summed E-state index contributed by atoms with van der Waals surface area (Å²) >= 11 is 0. The van der Waals surface area contributed by atoms with Gasteiger partial charge in [0.1, 0.15) is 12.3 Å². The number of carbonyl (C=O) groups excluding carboxylic acids is 1. The minimum atomic E-state index is -3.41. The van der Waals surface area contributed by atoms with Crippen LogP contribution in [-0.4, -0.2) is 37.9 Å². The Balaban J connectivity index is 1.99. The van der Waals surface area contributed by atoms with Gasteiger partial charge < -0.3 is 15.2 Å². The van der Waals surface area contributed by atoms with Crippen molar-refractivity contribution in [2.75, 3.05) is 17.5 Å². The maximum absolute atomic E-state index is 12.4. The molecule has 1 fully saturated rings. The first kappa shape index (κ1) is 13.0. The number of ether oxygens (including phenoxy) is 2. The maximum Gasteiger partial charge on any atom is 0.410 e. The summed E-state index contributed by atoms with van der Waals surface area (Å²) in [4.78, 5) is 14.7. The van der Waals surface area contributed by atoms with Crippen molar-refractivity contribution < 1.29 is 22.7 Å². The fourth-order valence-electron chi connectivity index (χ4n) is 2.04. The van der Waals surface area contributed by atoms with Crippen molar-refractivity contribution in [1.82, 2.24) is 4.98 Å². The highest BCUT2D eigenvalue weighted by atomic mass is 32.2. The highest BCUT2D eigenvalue weighted by Gasteiger charge is 2.42. The lowest BCUT2D eigenvalue weighted by Crippen LogP contribution is -2.40. The Morgan fingerprint density at radius 1 is 1.50 bits per heavy atom. The number of hydrogen-bond donors (Lipinski definition) is 1. The largest absolute Gasteiger partial charge is 0.474 e. The molecule has 8 nitrogen and oxygen atoms in total. The number of rotatable bonds is 3. The van der Waals surface area contributed by atoms with Crippen LogP contribution in [0, 0.1) is 0 Å². The van der Waals surface area contributed by atoms with E-state index in [0.717, 1.165) is 0 Å². The highest BCUT2D eigenvalue weighted by molar-refractivity contribution is 7.93. The van der Waals surface area contributed by atoms with Crippen molar-refractivity contribution in [1.29, 1.82) is 0 Å². The van der Waals surface area contributed by atoms with Gasteiger partial charge in [-0.05, 0) is 12.8 Å². The van der Waals surface area contributed by atoms with E-state index in [-0.39, 0.29) is 35.7 Å². The Labute approximate surface area is 115 Å². The maximum atomic E-state index is 12.4. The molecule has 2 heterocycles. The molecule has 1 amide bonds. The van der Waals surface area contributed by atoms with Crippen molar-refractivity contribution in [2.24, 2.45) is 5.73 Å². The molecule has 1 aliphatic heterocycles. The average Bonchev–Trinajstić information content (AvgIpc) is 3.21. The van der Waals surface area contributed by atoms with Gasteiger partial charge in [0.2, 0.25) is 15.9 Å². The van der Waals surface area contributed by atoms with E-state index >= 15 is 0 Å². The predicted molar refractivity (Wildman–Crippen MR) is 69.2 cm³/mol. The first-order valence-corrected chi connectivity index (χ1v) is 7.60. The molecule has 3 rings (SSSR count). The van der Waals surface area contributed by atoms with Gasteiger partial charge in [0.25, 0.3) is 0 Å². The Morgan fingerprint density at radius 3 is 2.90 bits per heavy atom. The molecule has 2 N–H and O–H groups in total. The SMILES string of the molecule is NC(=O)Oc1cnc2c(c1)N(S(=O)(=O)C1CC1)CCO2. The summed E-state index contributed by atoms with van der Waals surface area (Å²) < 4.78 is 36.0. The third-order valence-corrected chi connectivity index (χ3v) is 5.39. The first-order chi connectivity index (χ1) is 9.48. The third-order valence-electron chi connectivity index (χ3n) is 3.08. The molecule has 1 aromatic heterocycles. The van der Waals surface area contributed by atoms with Gasteiger partial charge in [0.15, 0.2) is 5.75 Å². The zero-order chi connectivity index (χ0) is 14.3. The quantitative estimate of drug-likeness (QED) is 0.855. The minimum absolute atomic E-state index is 0.0812. The van der Waals surface area contributed by atoms with Crippen LogP contribution in [0.15, 0.2) is 12.3 Å². The van der Waals surface area contributed by atoms with Crippen LogP contribution in [0.2, 0.25) is 0 Å². The van der Waals surface area contributed by atoms with Crippen LogP contribution in [-0.2, 0) is 10.0 Å². The smallest absolute Gasteiger partial charge is 0.410 e. The van der Waals surface area contributed by atoms with Gasteiger partial charge in [-0.2, -0.15) is 0 Å². The van der Waals surface area contributed by atoms with Crippen molar-refractivity contribution in [3.63, 3.8) is 0 Å². The van der Waals surface area contributed by atoms with Gasteiger partial charge in [-0.15, -0.1) is 0 Å². The van der Waals surface area contributed by atoms with Gasteiger partial charge >= 0.3 is 6.09 Å². The van der Waals surface area contributed by atoms with Crippen LogP contribution in [0.1, 0.15) is 12.8 Å². The summed E-state index contributed by atoms with van der Waals surface area (Å²) in [5, 5.41) is -0.339. The van der Waals surface area contributed by atoms with Crippen LogP contribution in [0.25, 0.3) is 0 Å². The molecule has 1 aliphatic carbocycles. The molecule has 0 unspecified atom stereocenters. The summed E-state index contributed by atoms with van der Waals surface area (Å²) in [6.07, 6.45) is 1.61. The molecule has 0 aromatic carbocycles. The molecular weight excluding hydrogens is 286 g/mol. The van der Waals surface area contributed by atoms with Crippen LogP contribution < -0.4 is 19.5 Å². The number of nitrogens with two attached hydrogens (primary N) is 1. The molecule has 0 spiro atoms. The van der Waals surface area contributed by atoms with Gasteiger partial charge in [-0.3, -0.25) is 4.31 Å². The zero-order valence-electron chi connectivity index (χ0n) is 10.5. The second-order valence-electron chi connectivity index (χ2n) is 4.58. The molecule has 20 heavy (non-hydrogen) atoms. The number of nitrogens with zero attached hydrogens (tertiary/aromatic N) is 2. The minimum Gasteiger partial charge on any atom is -0.474 e. The molecule has 2 aliphatic rings. The normalized spacial score (nSPS) is 18.1. The fraction of sp³-hybridized carbons (Fsp3) is 0.455. The number of primary amides is 1. The monoisotopic (exact) mass is 299 g/mol. The molecule has 0 atom stereocenters. The number of sulfonamides is 1. The van der Waals surface area contributed by atoms with E-state index in [9.17, 15) is 13.2 Å². The van der Waals surface area contributed by atoms with E-state index in [4.69, 9.17) is 15.2 Å². The van der Waals surface area contributed by atoms with Gasteiger partial charge in [0.05, 0.1) is 18.0 Å². The number of anilines is 1. The topological polar surface area (TPSA) is 112 Å². The van der Waals surface area contributed by atoms with Crippen LogP contribution in [0.4, 0.5) is 10.5 Å². The third kappa shape index (κ3) is 2.24. The van der Waals surface area contributed by atoms with E-state index in [1.54, 1.807) is 0 Å². The summed E-state index contributed by atoms with van der Waals surface area (Å²) in [5.74, 6) is 0.287. The number of hydrogen-bond acceptors (Lipinski definition) is 6. The second-order valence-corrected chi connectivity index (χ2v) is 6.72. The Bertz CT molecular complexity index is 656. The molecule has 108 valence electrons. The van der Waals surface area contributed by atoms with Crippen molar-refractivity contribution >= 4 is 21.8 Å². The summed E-state index contributed by atoms with van der Waals surface area (Å²) in [6.45, 7) is 0.454. The van der Waals surface area contributed by atoms with Crippen LogP contribution in [0.3, 0.4) is 0 Å². The lowest BCUT2D eigenvalue weighted by molar-refractivity contribution is 0.210. The Hall–Kier alpha value is -2.03. The molecule has 0 radical (unpaired) electrons. The van der Waals surface area contributed by atoms with Gasteiger partial charge in [-0.25, -0.2) is 18.2 Å². The standard InChI is InChI=1S/C11H13N3O5S/c12-11(15)19-7-5-9-10(13-6-7)18-4-3-14(9)20(16,17)8-1-2-8/h5-6,8H,1-4H2,(H2,12,15). The zero-order valence-corrected chi connectivity index (χ0v) is 11.3. The lowest BCUT2D eigenvalue weighted by Gasteiger charge is -2.29. The Morgan fingerprint density at radius 2 is 2.25 bits per heavy atom. The number of amides is 1. The number of aromatic nitrogens is 1. The summed E-state index contributed by atoms with van der Waals surface area (Å²) in [6, 6.07) is 1.40. The molecular formula is C11H13N3O5S. The molecule has 1 aromatic rings. The van der Waals surface area contributed by atoms with Gasteiger partial charge in [-0.1, -0.05) is 0 Å². The molecule has 0 bridgehead atoms. The molecule has 1 saturated carbocycles. The van der Waals surface area contributed by atoms with Crippen molar-refractivity contribution in [2.45, 2.75) is 18.1 Å². The first-order valence-electron chi connectivity index (χ1n) is 6.10. The van der Waals surface area contributed by atoms with E-state index in [1.165, 1.54) is 16.6 Å². The number of fused-ring (bicyclic) bond motifs is 1. The van der Waals surface area contributed by atoms with E-state index in [1.807, 2.05) is 0 Å². The van der Waals surface area contributed by atoms with Crippen molar-refractivity contribution in [3.8, 4) is 11.6 Å². The van der Waals surface area contributed by atoms with Crippen LogP contribution >= 0.6 is 0 Å². The second kappa shape index (κ2) is 4.51. The van der Waals surface area contributed by atoms with E-state index in [2.05, 4.69) is 4.98 Å². The summed E-state index contributed by atoms with van der Waals surface area (Å²) in [7, 11) is -3.41. The predicted octanol–water partition coefficient (Wildman–Crippen LogP) is 0.230. The van der Waals surface area contributed by atoms with Crippen molar-refractivity contribution in [3.05, 3.63) is 12.3 Å². The number of pyridine rings is 1.